The Morgan fingerprint density at radius 1 is 1.30 bits per heavy atom. The Labute approximate surface area is 127 Å². The van der Waals surface area contributed by atoms with E-state index in [1.807, 2.05) is 0 Å². The molecule has 6 heteroatoms. The molecule has 0 unspecified atom stereocenters. The molecule has 0 N–H and O–H groups in total. The number of methoxy groups -OCH3 is 1. The van der Waals surface area contributed by atoms with Gasteiger partial charge in [0.2, 0.25) is 0 Å². The molecule has 4 nitrogen and oxygen atoms in total. The molecule has 1 aromatic rings. The van der Waals surface area contributed by atoms with Crippen LogP contribution in [0.25, 0.3) is 0 Å². The molecular weight excluding hydrogens is 300 g/mol. The SMILES string of the molecule is COC(=O)CSc1ccc(C(=O)OC(C)(C)C)cc1Cl. The second kappa shape index (κ2) is 6.99. The molecule has 0 amide bonds. The van der Waals surface area contributed by atoms with E-state index in [1.54, 1.807) is 32.9 Å². The Hall–Kier alpha value is -1.20. The third kappa shape index (κ3) is 5.43. The minimum atomic E-state index is -0.554. The van der Waals surface area contributed by atoms with Crippen LogP contribution >= 0.6 is 23.4 Å². The summed E-state index contributed by atoms with van der Waals surface area (Å²) >= 11 is 7.35. The monoisotopic (exact) mass is 316 g/mol. The molecule has 0 atom stereocenters. The highest BCUT2D eigenvalue weighted by molar-refractivity contribution is 8.00. The first-order valence-electron chi connectivity index (χ1n) is 5.95. The van der Waals surface area contributed by atoms with Crippen molar-refractivity contribution in [3.8, 4) is 0 Å². The second-order valence-corrected chi connectivity index (χ2v) is 6.44. The maximum atomic E-state index is 11.9. The molecule has 0 radical (unpaired) electrons. The van der Waals surface area contributed by atoms with Crippen molar-refractivity contribution in [1.82, 2.24) is 0 Å². The van der Waals surface area contributed by atoms with Gasteiger partial charge in [0, 0.05) is 4.90 Å². The van der Waals surface area contributed by atoms with Gasteiger partial charge in [0.05, 0.1) is 23.4 Å². The summed E-state index contributed by atoms with van der Waals surface area (Å²) < 4.78 is 9.81. The molecule has 20 heavy (non-hydrogen) atoms. The van der Waals surface area contributed by atoms with Crippen LogP contribution in [0.3, 0.4) is 0 Å². The van der Waals surface area contributed by atoms with E-state index in [9.17, 15) is 9.59 Å². The van der Waals surface area contributed by atoms with Gasteiger partial charge in [-0.25, -0.2) is 4.79 Å². The fourth-order valence-electron chi connectivity index (χ4n) is 1.28. The Kier molecular flexibility index (Phi) is 5.89. The maximum Gasteiger partial charge on any atom is 0.338 e. The van der Waals surface area contributed by atoms with Crippen LogP contribution in [0.5, 0.6) is 0 Å². The lowest BCUT2D eigenvalue weighted by Crippen LogP contribution is -2.23. The number of halogens is 1. The Morgan fingerprint density at radius 3 is 2.45 bits per heavy atom. The third-order valence-electron chi connectivity index (χ3n) is 2.14. The van der Waals surface area contributed by atoms with Gasteiger partial charge in [0.1, 0.15) is 5.60 Å². The standard InChI is InChI=1S/C14H17ClO4S/c1-14(2,3)19-13(17)9-5-6-11(10(15)7-9)20-8-12(16)18-4/h5-7H,8H2,1-4H3. The highest BCUT2D eigenvalue weighted by Gasteiger charge is 2.18. The van der Waals surface area contributed by atoms with Crippen molar-refractivity contribution in [2.24, 2.45) is 0 Å². The van der Waals surface area contributed by atoms with Gasteiger partial charge in [-0.3, -0.25) is 4.79 Å². The zero-order chi connectivity index (χ0) is 15.3. The van der Waals surface area contributed by atoms with E-state index in [0.717, 1.165) is 0 Å². The lowest BCUT2D eigenvalue weighted by molar-refractivity contribution is -0.137. The van der Waals surface area contributed by atoms with Crippen LogP contribution in [-0.2, 0) is 14.3 Å². The summed E-state index contributed by atoms with van der Waals surface area (Å²) in [6.07, 6.45) is 0. The number of hydrogen-bond acceptors (Lipinski definition) is 5. The maximum absolute atomic E-state index is 11.9. The molecule has 0 saturated carbocycles. The molecule has 0 aliphatic heterocycles. The van der Waals surface area contributed by atoms with Gasteiger partial charge < -0.3 is 9.47 Å². The summed E-state index contributed by atoms with van der Waals surface area (Å²) in [4.78, 5) is 23.7. The van der Waals surface area contributed by atoms with Crippen molar-refractivity contribution in [3.05, 3.63) is 28.8 Å². The van der Waals surface area contributed by atoms with Crippen molar-refractivity contribution >= 4 is 35.3 Å². The van der Waals surface area contributed by atoms with Gasteiger partial charge in [-0.15, -0.1) is 11.8 Å². The molecule has 0 aliphatic rings. The summed E-state index contributed by atoms with van der Waals surface area (Å²) in [5, 5.41) is 0.405. The third-order valence-corrected chi connectivity index (χ3v) is 3.61. The number of benzene rings is 1. The summed E-state index contributed by atoms with van der Waals surface area (Å²) in [5.41, 5.74) is -0.172. The van der Waals surface area contributed by atoms with E-state index < -0.39 is 11.6 Å². The van der Waals surface area contributed by atoms with Crippen molar-refractivity contribution in [2.75, 3.05) is 12.9 Å². The summed E-state index contributed by atoms with van der Waals surface area (Å²) in [5.74, 6) is -0.589. The van der Waals surface area contributed by atoms with Gasteiger partial charge >= 0.3 is 11.9 Å². The van der Waals surface area contributed by atoms with Crippen LogP contribution in [0, 0.1) is 0 Å². The minimum Gasteiger partial charge on any atom is -0.468 e. The first-order chi connectivity index (χ1) is 9.23. The Balaban J connectivity index is 2.77. The minimum absolute atomic E-state index is 0.169. The van der Waals surface area contributed by atoms with Gasteiger partial charge in [0.15, 0.2) is 0 Å². The second-order valence-electron chi connectivity index (χ2n) is 5.01. The van der Waals surface area contributed by atoms with E-state index in [4.69, 9.17) is 16.3 Å². The summed E-state index contributed by atoms with van der Waals surface area (Å²) in [6, 6.07) is 4.85. The molecule has 0 heterocycles. The van der Waals surface area contributed by atoms with E-state index in [-0.39, 0.29) is 11.7 Å². The molecule has 0 saturated heterocycles. The lowest BCUT2D eigenvalue weighted by Gasteiger charge is -2.19. The molecule has 0 spiro atoms. The number of carbonyl (C=O) groups excluding carboxylic acids is 2. The molecule has 1 rings (SSSR count). The molecular formula is C14H17ClO4S. The zero-order valence-electron chi connectivity index (χ0n) is 11.9. The average Bonchev–Trinajstić information content (AvgIpc) is 2.34. The van der Waals surface area contributed by atoms with E-state index in [2.05, 4.69) is 4.74 Å². The number of rotatable bonds is 4. The van der Waals surface area contributed by atoms with Gasteiger partial charge in [-0.05, 0) is 39.0 Å². The first kappa shape index (κ1) is 16.9. The fraction of sp³-hybridized carbons (Fsp3) is 0.429. The molecule has 0 fully saturated rings. The number of ether oxygens (including phenoxy) is 2. The first-order valence-corrected chi connectivity index (χ1v) is 7.32. The lowest BCUT2D eigenvalue weighted by atomic mass is 10.1. The predicted octanol–water partition coefficient (Wildman–Crippen LogP) is 3.56. The van der Waals surface area contributed by atoms with Crippen LogP contribution in [-0.4, -0.2) is 30.4 Å². The number of carbonyl (C=O) groups is 2. The zero-order valence-corrected chi connectivity index (χ0v) is 13.4. The normalized spacial score (nSPS) is 11.1. The Bertz CT molecular complexity index is 508. The predicted molar refractivity (Wildman–Crippen MR) is 79.4 cm³/mol. The van der Waals surface area contributed by atoms with Crippen LogP contribution in [0.2, 0.25) is 5.02 Å². The topological polar surface area (TPSA) is 52.6 Å². The van der Waals surface area contributed by atoms with E-state index >= 15 is 0 Å². The quantitative estimate of drug-likeness (QED) is 0.628. The number of thioether (sulfide) groups is 1. The highest BCUT2D eigenvalue weighted by Crippen LogP contribution is 2.28. The average molecular weight is 317 g/mol. The van der Waals surface area contributed by atoms with Crippen LogP contribution in [0.4, 0.5) is 0 Å². The molecule has 0 bridgehead atoms. The van der Waals surface area contributed by atoms with E-state index in [1.165, 1.54) is 24.9 Å². The van der Waals surface area contributed by atoms with Gasteiger partial charge in [0.25, 0.3) is 0 Å². The number of hydrogen-bond donors (Lipinski definition) is 0. The summed E-state index contributed by atoms with van der Waals surface area (Å²) in [6.45, 7) is 5.40. The number of esters is 2. The fourth-order valence-corrected chi connectivity index (χ4v) is 2.37. The highest BCUT2D eigenvalue weighted by atomic mass is 35.5. The molecule has 0 aliphatic carbocycles. The smallest absolute Gasteiger partial charge is 0.338 e. The van der Waals surface area contributed by atoms with Crippen molar-refractivity contribution in [2.45, 2.75) is 31.3 Å². The Morgan fingerprint density at radius 2 is 1.95 bits per heavy atom. The van der Waals surface area contributed by atoms with Crippen LogP contribution in [0.15, 0.2) is 23.1 Å². The van der Waals surface area contributed by atoms with Crippen molar-refractivity contribution in [3.63, 3.8) is 0 Å². The van der Waals surface area contributed by atoms with E-state index in [0.29, 0.717) is 15.5 Å². The molecule has 110 valence electrons. The largest absolute Gasteiger partial charge is 0.468 e. The summed E-state index contributed by atoms with van der Waals surface area (Å²) in [7, 11) is 1.33. The molecule has 1 aromatic carbocycles. The molecule has 0 aromatic heterocycles. The van der Waals surface area contributed by atoms with Gasteiger partial charge in [-0.1, -0.05) is 11.6 Å². The van der Waals surface area contributed by atoms with Crippen LogP contribution in [0.1, 0.15) is 31.1 Å². The van der Waals surface area contributed by atoms with Crippen LogP contribution < -0.4 is 0 Å². The van der Waals surface area contributed by atoms with Gasteiger partial charge in [-0.2, -0.15) is 0 Å². The van der Waals surface area contributed by atoms with Crippen molar-refractivity contribution in [1.29, 1.82) is 0 Å². The van der Waals surface area contributed by atoms with Crippen molar-refractivity contribution < 1.29 is 19.1 Å².